The van der Waals surface area contributed by atoms with Gasteiger partial charge in [-0.1, -0.05) is 67.2 Å². The van der Waals surface area contributed by atoms with Crippen molar-refractivity contribution in [2.24, 2.45) is 5.92 Å². The third-order valence-corrected chi connectivity index (χ3v) is 5.52. The Labute approximate surface area is 174 Å². The third-order valence-electron chi connectivity index (χ3n) is 5.13. The number of Topliss-reactive ketones (excluding diaryl/α,β-unsaturated/α-hetero) is 1. The van der Waals surface area contributed by atoms with Crippen molar-refractivity contribution in [3.05, 3.63) is 72.4 Å². The number of hydrogen-bond acceptors (Lipinski definition) is 4. The highest BCUT2D eigenvalue weighted by atomic mass is 32.1. The van der Waals surface area contributed by atoms with Crippen LogP contribution in [0.15, 0.2) is 66.9 Å². The van der Waals surface area contributed by atoms with E-state index in [4.69, 9.17) is 12.2 Å². The number of hydrogen-bond donors (Lipinski definition) is 1. The molecule has 2 aromatic carbocycles. The highest BCUT2D eigenvalue weighted by molar-refractivity contribution is 7.80. The predicted octanol–water partition coefficient (Wildman–Crippen LogP) is 4.36. The second-order valence-corrected chi connectivity index (χ2v) is 7.56. The number of carbonyl (C=O) groups excluding carboxylic acids is 2. The highest BCUT2D eigenvalue weighted by Crippen LogP contribution is 2.25. The molecule has 3 aromatic rings. The van der Waals surface area contributed by atoms with Gasteiger partial charge in [0.15, 0.2) is 0 Å². The first-order valence-corrected chi connectivity index (χ1v) is 10.1. The van der Waals surface area contributed by atoms with Gasteiger partial charge in [0.05, 0.1) is 22.2 Å². The summed E-state index contributed by atoms with van der Waals surface area (Å²) in [7, 11) is 0. The zero-order chi connectivity index (χ0) is 20.2. The normalized spacial score (nSPS) is 16.4. The van der Waals surface area contributed by atoms with Crippen molar-refractivity contribution in [1.29, 1.82) is 0 Å². The Balaban J connectivity index is 1.66. The van der Waals surface area contributed by atoms with Crippen LogP contribution in [0.3, 0.4) is 0 Å². The maximum absolute atomic E-state index is 13.1. The summed E-state index contributed by atoms with van der Waals surface area (Å²) in [5, 5.41) is 7.44. The Morgan fingerprint density at radius 2 is 1.72 bits per heavy atom. The van der Waals surface area contributed by atoms with Gasteiger partial charge in [0.25, 0.3) is 5.91 Å². The van der Waals surface area contributed by atoms with E-state index in [2.05, 4.69) is 10.4 Å². The van der Waals surface area contributed by atoms with Gasteiger partial charge in [-0.3, -0.25) is 9.59 Å². The van der Waals surface area contributed by atoms with Crippen LogP contribution < -0.4 is 5.32 Å². The standard InChI is InChI=1S/C23H21N3O2S/c27-20-14-8-7-13-18(20)23(29)24-22(28)19-15-26(17-11-5-2-6-12-17)25-21(19)16-9-3-1-4-10-16/h1-6,9-12,15,18H,7-8,13-14H2,(H,24,28,29)/t18-/m0/s1. The molecule has 5 nitrogen and oxygen atoms in total. The fourth-order valence-electron chi connectivity index (χ4n) is 3.59. The minimum absolute atomic E-state index is 0.116. The molecule has 1 heterocycles. The predicted molar refractivity (Wildman–Crippen MR) is 116 cm³/mol. The van der Waals surface area contributed by atoms with E-state index in [1.807, 2.05) is 60.7 Å². The zero-order valence-corrected chi connectivity index (χ0v) is 16.7. The van der Waals surface area contributed by atoms with Crippen LogP contribution in [0, 0.1) is 5.92 Å². The van der Waals surface area contributed by atoms with Crippen molar-refractivity contribution >= 4 is 28.9 Å². The van der Waals surface area contributed by atoms with Gasteiger partial charge >= 0.3 is 0 Å². The molecule has 1 aliphatic rings. The van der Waals surface area contributed by atoms with Gasteiger partial charge in [0.1, 0.15) is 11.5 Å². The molecule has 1 atom stereocenters. The Hall–Kier alpha value is -3.12. The average Bonchev–Trinajstić information content (AvgIpc) is 3.21. The van der Waals surface area contributed by atoms with Crippen molar-refractivity contribution in [2.75, 3.05) is 0 Å². The molecule has 1 fully saturated rings. The smallest absolute Gasteiger partial charge is 0.259 e. The van der Waals surface area contributed by atoms with Gasteiger partial charge in [-0.2, -0.15) is 5.10 Å². The fraction of sp³-hybridized carbons (Fsp3) is 0.217. The van der Waals surface area contributed by atoms with E-state index in [0.717, 1.165) is 24.1 Å². The second-order valence-electron chi connectivity index (χ2n) is 7.12. The van der Waals surface area contributed by atoms with Crippen LogP contribution in [0.1, 0.15) is 36.0 Å². The molecule has 0 radical (unpaired) electrons. The van der Waals surface area contributed by atoms with Gasteiger partial charge in [0.2, 0.25) is 0 Å². The van der Waals surface area contributed by atoms with Crippen LogP contribution in [0.4, 0.5) is 0 Å². The summed E-state index contributed by atoms with van der Waals surface area (Å²) in [5.41, 5.74) is 2.69. The number of nitrogens with zero attached hydrogens (tertiary/aromatic N) is 2. The molecular formula is C23H21N3O2S. The van der Waals surface area contributed by atoms with Crippen LogP contribution in [0.25, 0.3) is 16.9 Å². The van der Waals surface area contributed by atoms with Crippen molar-refractivity contribution in [2.45, 2.75) is 25.7 Å². The molecular weight excluding hydrogens is 382 g/mol. The van der Waals surface area contributed by atoms with Gasteiger partial charge in [-0.15, -0.1) is 0 Å². The number of benzene rings is 2. The van der Waals surface area contributed by atoms with E-state index in [9.17, 15) is 9.59 Å². The van der Waals surface area contributed by atoms with Gasteiger partial charge in [-0.25, -0.2) is 4.68 Å². The molecule has 4 rings (SSSR count). The summed E-state index contributed by atoms with van der Waals surface area (Å²) < 4.78 is 1.69. The number of aromatic nitrogens is 2. The molecule has 0 spiro atoms. The summed E-state index contributed by atoms with van der Waals surface area (Å²) in [6.45, 7) is 0. The first-order valence-electron chi connectivity index (χ1n) is 9.72. The van der Waals surface area contributed by atoms with E-state index in [-0.39, 0.29) is 17.6 Å². The van der Waals surface area contributed by atoms with Crippen molar-refractivity contribution in [3.63, 3.8) is 0 Å². The maximum Gasteiger partial charge on any atom is 0.259 e. The molecule has 0 bridgehead atoms. The summed E-state index contributed by atoms with van der Waals surface area (Å²) >= 11 is 5.41. The summed E-state index contributed by atoms with van der Waals surface area (Å²) in [6, 6.07) is 19.2. The summed E-state index contributed by atoms with van der Waals surface area (Å²) in [4.78, 5) is 25.6. The van der Waals surface area contributed by atoms with E-state index in [0.29, 0.717) is 29.1 Å². The lowest BCUT2D eigenvalue weighted by atomic mass is 9.88. The van der Waals surface area contributed by atoms with E-state index >= 15 is 0 Å². The molecule has 1 amide bonds. The number of rotatable bonds is 4. The first-order chi connectivity index (χ1) is 14.1. The number of thiocarbonyl (C=S) groups is 1. The number of carbonyl (C=O) groups is 2. The minimum atomic E-state index is -0.368. The maximum atomic E-state index is 13.1. The lowest BCUT2D eigenvalue weighted by Gasteiger charge is -2.21. The molecule has 0 saturated heterocycles. The fourth-order valence-corrected chi connectivity index (χ4v) is 3.93. The van der Waals surface area contributed by atoms with E-state index in [1.165, 1.54) is 0 Å². The Kier molecular flexibility index (Phi) is 5.62. The van der Waals surface area contributed by atoms with Gasteiger partial charge in [-0.05, 0) is 25.0 Å². The Morgan fingerprint density at radius 3 is 2.41 bits per heavy atom. The molecule has 1 saturated carbocycles. The molecule has 29 heavy (non-hydrogen) atoms. The number of para-hydroxylation sites is 1. The van der Waals surface area contributed by atoms with Crippen LogP contribution in [-0.4, -0.2) is 26.5 Å². The number of nitrogens with one attached hydrogen (secondary N) is 1. The monoisotopic (exact) mass is 403 g/mol. The van der Waals surface area contributed by atoms with E-state index < -0.39 is 0 Å². The van der Waals surface area contributed by atoms with Gasteiger partial charge in [0, 0.05) is 18.2 Å². The van der Waals surface area contributed by atoms with Crippen LogP contribution >= 0.6 is 12.2 Å². The SMILES string of the molecule is O=C(NC(=S)[C@H]1CCCCC1=O)c1cn(-c2ccccc2)nc1-c1ccccc1. The van der Waals surface area contributed by atoms with E-state index in [1.54, 1.807) is 10.9 Å². The topological polar surface area (TPSA) is 64.0 Å². The van der Waals surface area contributed by atoms with Crippen molar-refractivity contribution in [3.8, 4) is 16.9 Å². The van der Waals surface area contributed by atoms with Crippen LogP contribution in [0.5, 0.6) is 0 Å². The first kappa shape index (κ1) is 19.2. The number of ketones is 1. The molecule has 1 aliphatic carbocycles. The van der Waals surface area contributed by atoms with Crippen molar-refractivity contribution in [1.82, 2.24) is 15.1 Å². The minimum Gasteiger partial charge on any atom is -0.316 e. The Bertz CT molecular complexity index is 1040. The molecule has 6 heteroatoms. The second kappa shape index (κ2) is 8.49. The third kappa shape index (κ3) is 4.17. The van der Waals surface area contributed by atoms with Crippen LogP contribution in [0.2, 0.25) is 0 Å². The Morgan fingerprint density at radius 1 is 1.03 bits per heavy atom. The summed E-state index contributed by atoms with van der Waals surface area (Å²) in [6.07, 6.45) is 4.79. The molecule has 1 aromatic heterocycles. The lowest BCUT2D eigenvalue weighted by molar-refractivity contribution is -0.122. The molecule has 0 unspecified atom stereocenters. The highest BCUT2D eigenvalue weighted by Gasteiger charge is 2.28. The molecule has 0 aliphatic heterocycles. The van der Waals surface area contributed by atoms with Crippen molar-refractivity contribution < 1.29 is 9.59 Å². The molecule has 146 valence electrons. The average molecular weight is 404 g/mol. The quantitative estimate of drug-likeness (QED) is 0.658. The zero-order valence-electron chi connectivity index (χ0n) is 15.9. The van der Waals surface area contributed by atoms with Crippen LogP contribution in [-0.2, 0) is 4.79 Å². The largest absolute Gasteiger partial charge is 0.316 e. The molecule has 1 N–H and O–H groups in total. The number of amides is 1. The van der Waals surface area contributed by atoms with Gasteiger partial charge < -0.3 is 5.32 Å². The summed E-state index contributed by atoms with van der Waals surface area (Å²) in [5.74, 6) is -0.591. The lowest BCUT2D eigenvalue weighted by Crippen LogP contribution is -2.39.